The number of rotatable bonds is 8. The number of pyridine rings is 1. The highest BCUT2D eigenvalue weighted by molar-refractivity contribution is 7.88. The third-order valence-electron chi connectivity index (χ3n) is 7.01. The van der Waals surface area contributed by atoms with E-state index in [1.54, 1.807) is 6.20 Å². The molecule has 2 fully saturated rings. The van der Waals surface area contributed by atoms with E-state index in [0.717, 1.165) is 43.5 Å². The summed E-state index contributed by atoms with van der Waals surface area (Å²) in [6.45, 7) is 3.03. The molecule has 2 heterocycles. The highest BCUT2D eigenvalue weighted by atomic mass is 32.2. The third-order valence-corrected chi connectivity index (χ3v) is 7.74. The standard InChI is InChI=1S/C25H35N3O4S/c1-18-14-21(15-26-24(18)16-29)28-13-12-23(27-33(2,30)31)25(28)17-32-22-10-8-20(9-11-22)19-6-4-3-5-7-19/h3-7,14-15,20,22-23,25,27,29H,8-13,16-17H2,1-2H3/t20?,22?,23-,25-/m0/s1. The minimum atomic E-state index is -3.33. The lowest BCUT2D eigenvalue weighted by atomic mass is 9.83. The number of hydrogen-bond acceptors (Lipinski definition) is 6. The number of nitrogens with one attached hydrogen (secondary N) is 1. The Morgan fingerprint density at radius 2 is 1.88 bits per heavy atom. The van der Waals surface area contributed by atoms with Gasteiger partial charge in [-0.05, 0) is 62.1 Å². The minimum absolute atomic E-state index is 0.0947. The summed E-state index contributed by atoms with van der Waals surface area (Å²) in [6.07, 6.45) is 8.13. The Kier molecular flexibility index (Phi) is 7.69. The lowest BCUT2D eigenvalue weighted by Gasteiger charge is -2.33. The molecule has 0 amide bonds. The monoisotopic (exact) mass is 473 g/mol. The highest BCUT2D eigenvalue weighted by Gasteiger charge is 2.37. The summed E-state index contributed by atoms with van der Waals surface area (Å²) in [4.78, 5) is 6.59. The lowest BCUT2D eigenvalue weighted by Crippen LogP contribution is -2.48. The van der Waals surface area contributed by atoms with Crippen LogP contribution in [-0.4, -0.2) is 56.1 Å². The Morgan fingerprint density at radius 3 is 2.52 bits per heavy atom. The molecule has 0 spiro atoms. The van der Waals surface area contributed by atoms with Gasteiger partial charge in [-0.15, -0.1) is 0 Å². The number of aliphatic hydroxyl groups is 1. The zero-order valence-electron chi connectivity index (χ0n) is 19.5. The summed E-state index contributed by atoms with van der Waals surface area (Å²) in [6, 6.07) is 12.4. The van der Waals surface area contributed by atoms with Gasteiger partial charge in [0, 0.05) is 12.6 Å². The van der Waals surface area contributed by atoms with Crippen molar-refractivity contribution in [2.45, 2.75) is 69.7 Å². The van der Waals surface area contributed by atoms with Crippen LogP contribution in [0.5, 0.6) is 0 Å². The molecule has 2 aliphatic rings. The second kappa shape index (κ2) is 10.5. The maximum atomic E-state index is 12.0. The number of nitrogens with zero attached hydrogens (tertiary/aromatic N) is 2. The molecule has 2 atom stereocenters. The predicted molar refractivity (Wildman–Crippen MR) is 130 cm³/mol. The first-order chi connectivity index (χ1) is 15.8. The molecule has 1 aliphatic carbocycles. The van der Waals surface area contributed by atoms with Crippen LogP contribution in [0.2, 0.25) is 0 Å². The van der Waals surface area contributed by atoms with Gasteiger partial charge in [-0.1, -0.05) is 30.3 Å². The molecule has 7 nitrogen and oxygen atoms in total. The molecule has 33 heavy (non-hydrogen) atoms. The van der Waals surface area contributed by atoms with Crippen LogP contribution in [0.25, 0.3) is 0 Å². The van der Waals surface area contributed by atoms with Crippen molar-refractivity contribution in [2.75, 3.05) is 24.3 Å². The van der Waals surface area contributed by atoms with Crippen LogP contribution in [0.3, 0.4) is 0 Å². The van der Waals surface area contributed by atoms with Crippen molar-refractivity contribution >= 4 is 15.7 Å². The van der Waals surface area contributed by atoms with Crippen molar-refractivity contribution in [1.82, 2.24) is 9.71 Å². The quantitative estimate of drug-likeness (QED) is 0.612. The summed E-state index contributed by atoms with van der Waals surface area (Å²) in [5.41, 5.74) is 3.92. The number of aliphatic hydroxyl groups excluding tert-OH is 1. The van der Waals surface area contributed by atoms with Crippen molar-refractivity contribution in [3.63, 3.8) is 0 Å². The van der Waals surface area contributed by atoms with Gasteiger partial charge >= 0.3 is 0 Å². The van der Waals surface area contributed by atoms with Crippen LogP contribution in [-0.2, 0) is 21.4 Å². The number of ether oxygens (including phenoxy) is 1. The van der Waals surface area contributed by atoms with Crippen molar-refractivity contribution in [1.29, 1.82) is 0 Å². The molecule has 1 aromatic heterocycles. The molecular weight excluding hydrogens is 438 g/mol. The summed E-state index contributed by atoms with van der Waals surface area (Å²) in [5.74, 6) is 0.591. The SMILES string of the molecule is Cc1cc(N2CC[C@H](NS(C)(=O)=O)[C@@H]2COC2CCC(c3ccccc3)CC2)cnc1CO. The molecule has 180 valence electrons. The van der Waals surface area contributed by atoms with E-state index in [0.29, 0.717) is 24.6 Å². The molecule has 1 aliphatic heterocycles. The van der Waals surface area contributed by atoms with E-state index in [1.807, 2.05) is 13.0 Å². The number of aromatic nitrogens is 1. The molecule has 4 rings (SSSR count). The average molecular weight is 474 g/mol. The van der Waals surface area contributed by atoms with Crippen LogP contribution in [0.1, 0.15) is 54.8 Å². The summed E-state index contributed by atoms with van der Waals surface area (Å²) in [7, 11) is -3.33. The van der Waals surface area contributed by atoms with E-state index >= 15 is 0 Å². The molecule has 0 bridgehead atoms. The van der Waals surface area contributed by atoms with E-state index in [1.165, 1.54) is 11.8 Å². The maximum absolute atomic E-state index is 12.0. The first kappa shape index (κ1) is 24.1. The molecule has 1 saturated carbocycles. The molecule has 1 aromatic carbocycles. The Hall–Kier alpha value is -2.00. The number of hydrogen-bond donors (Lipinski definition) is 2. The average Bonchev–Trinajstić information content (AvgIpc) is 3.19. The van der Waals surface area contributed by atoms with Gasteiger partial charge in [0.15, 0.2) is 0 Å². The van der Waals surface area contributed by atoms with E-state index < -0.39 is 10.0 Å². The number of aryl methyl sites for hydroxylation is 1. The molecular formula is C25H35N3O4S. The van der Waals surface area contributed by atoms with Crippen LogP contribution in [0.4, 0.5) is 5.69 Å². The van der Waals surface area contributed by atoms with E-state index in [2.05, 4.69) is 44.9 Å². The van der Waals surface area contributed by atoms with Crippen molar-refractivity contribution in [3.8, 4) is 0 Å². The maximum Gasteiger partial charge on any atom is 0.209 e. The first-order valence-electron chi connectivity index (χ1n) is 11.8. The highest BCUT2D eigenvalue weighted by Crippen LogP contribution is 2.35. The lowest BCUT2D eigenvalue weighted by molar-refractivity contribution is 0.0157. The second-order valence-corrected chi connectivity index (χ2v) is 11.2. The first-order valence-corrected chi connectivity index (χ1v) is 13.7. The smallest absolute Gasteiger partial charge is 0.209 e. The molecule has 2 aromatic rings. The zero-order chi connectivity index (χ0) is 23.4. The van der Waals surface area contributed by atoms with Crippen molar-refractivity contribution in [3.05, 3.63) is 59.4 Å². The Bertz CT molecular complexity index is 1020. The van der Waals surface area contributed by atoms with E-state index in [9.17, 15) is 13.5 Å². The van der Waals surface area contributed by atoms with Crippen LogP contribution in [0, 0.1) is 6.92 Å². The van der Waals surface area contributed by atoms with Gasteiger partial charge in [-0.2, -0.15) is 0 Å². The fourth-order valence-electron chi connectivity index (χ4n) is 5.23. The van der Waals surface area contributed by atoms with Crippen molar-refractivity contribution in [2.24, 2.45) is 0 Å². The second-order valence-electron chi connectivity index (χ2n) is 9.38. The molecule has 1 saturated heterocycles. The zero-order valence-corrected chi connectivity index (χ0v) is 20.3. The Balaban J connectivity index is 1.42. The number of anilines is 1. The van der Waals surface area contributed by atoms with Gasteiger partial charge in [0.1, 0.15) is 0 Å². The molecule has 0 radical (unpaired) electrons. The summed E-state index contributed by atoms with van der Waals surface area (Å²) < 4.78 is 33.2. The third kappa shape index (κ3) is 6.12. The van der Waals surface area contributed by atoms with E-state index in [4.69, 9.17) is 4.74 Å². The van der Waals surface area contributed by atoms with E-state index in [-0.39, 0.29) is 24.8 Å². The van der Waals surface area contributed by atoms with Gasteiger partial charge in [0.05, 0.1) is 49.2 Å². The Morgan fingerprint density at radius 1 is 1.15 bits per heavy atom. The molecule has 0 unspecified atom stereocenters. The largest absolute Gasteiger partial charge is 0.390 e. The fourth-order valence-corrected chi connectivity index (χ4v) is 6.05. The van der Waals surface area contributed by atoms with Crippen molar-refractivity contribution < 1.29 is 18.3 Å². The normalized spacial score (nSPS) is 26.0. The summed E-state index contributed by atoms with van der Waals surface area (Å²) in [5, 5.41) is 9.44. The van der Waals surface area contributed by atoms with Gasteiger partial charge in [0.2, 0.25) is 10.0 Å². The molecule has 8 heteroatoms. The van der Waals surface area contributed by atoms with Gasteiger partial charge in [-0.3, -0.25) is 4.98 Å². The van der Waals surface area contributed by atoms with Gasteiger partial charge < -0.3 is 14.7 Å². The van der Waals surface area contributed by atoms with Gasteiger partial charge in [-0.25, -0.2) is 13.1 Å². The minimum Gasteiger partial charge on any atom is -0.390 e. The topological polar surface area (TPSA) is 91.8 Å². The van der Waals surface area contributed by atoms with Crippen LogP contribution >= 0.6 is 0 Å². The number of benzene rings is 1. The van der Waals surface area contributed by atoms with Crippen LogP contribution < -0.4 is 9.62 Å². The van der Waals surface area contributed by atoms with Gasteiger partial charge in [0.25, 0.3) is 0 Å². The fraction of sp³-hybridized carbons (Fsp3) is 0.560. The van der Waals surface area contributed by atoms with Crippen LogP contribution in [0.15, 0.2) is 42.6 Å². The molecule has 2 N–H and O–H groups in total. The number of sulfonamides is 1. The predicted octanol–water partition coefficient (Wildman–Crippen LogP) is 3.12. The summed E-state index contributed by atoms with van der Waals surface area (Å²) >= 11 is 0. The Labute approximate surface area is 197 Å².